The monoisotopic (exact) mass is 486 g/mol. The molecule has 2 bridgehead atoms. The molecule has 1 aromatic carbocycles. The van der Waals surface area contributed by atoms with E-state index in [2.05, 4.69) is 22.3 Å². The number of halogens is 1. The van der Waals surface area contributed by atoms with Gasteiger partial charge in [0.25, 0.3) is 0 Å². The first kappa shape index (κ1) is 21.8. The van der Waals surface area contributed by atoms with Gasteiger partial charge >= 0.3 is 0 Å². The predicted molar refractivity (Wildman–Crippen MR) is 132 cm³/mol. The van der Waals surface area contributed by atoms with Crippen LogP contribution in [0.15, 0.2) is 29.2 Å². The first-order chi connectivity index (χ1) is 15.8. The average molecular weight is 487 g/mol. The molecule has 3 fully saturated rings. The van der Waals surface area contributed by atoms with Crippen molar-refractivity contribution in [2.24, 2.45) is 5.92 Å². The van der Waals surface area contributed by atoms with Crippen molar-refractivity contribution < 1.29 is 9.32 Å². The Morgan fingerprint density at radius 2 is 1.97 bits per heavy atom. The van der Waals surface area contributed by atoms with Crippen molar-refractivity contribution >= 4 is 34.2 Å². The van der Waals surface area contributed by atoms with E-state index in [0.717, 1.165) is 60.2 Å². The predicted octanol–water partition coefficient (Wildman–Crippen LogP) is 4.28. The highest BCUT2D eigenvalue weighted by Crippen LogP contribution is 2.49. The molecule has 8 heteroatoms. The Labute approximate surface area is 202 Å². The molecule has 0 radical (unpaired) electrons. The standard InChI is InChI=1S/C25H31ClN4O2S/c1-24(2)12-20-21(33(24)32)22(29-25(14-31)8-3-9-25)28-23(27-20)30-13-16-10-18(30)11-19(16)15-4-6-17(26)7-5-15/h4-7,16,18-19,31H,3,8-14H2,1-2H3,(H,27,28,29)/t16?,18?,19?,33-/m0/s1. The van der Waals surface area contributed by atoms with E-state index in [4.69, 9.17) is 21.6 Å². The zero-order chi connectivity index (χ0) is 23.0. The molecular weight excluding hydrogens is 456 g/mol. The van der Waals surface area contributed by atoms with Gasteiger partial charge in [0.15, 0.2) is 0 Å². The Kier molecular flexibility index (Phi) is 5.06. The van der Waals surface area contributed by atoms with Crippen molar-refractivity contribution in [1.29, 1.82) is 0 Å². The van der Waals surface area contributed by atoms with Crippen molar-refractivity contribution in [2.75, 3.05) is 23.4 Å². The van der Waals surface area contributed by atoms with Gasteiger partial charge in [-0.1, -0.05) is 23.7 Å². The molecule has 0 spiro atoms. The van der Waals surface area contributed by atoms with Crippen molar-refractivity contribution in [2.45, 2.75) is 79.5 Å². The average Bonchev–Trinajstić information content (AvgIpc) is 3.43. The first-order valence-corrected chi connectivity index (χ1v) is 13.6. The second-order valence-electron chi connectivity index (χ2n) is 11.0. The van der Waals surface area contributed by atoms with Gasteiger partial charge < -0.3 is 15.3 Å². The fraction of sp³-hybridized carbons (Fsp3) is 0.600. The van der Waals surface area contributed by atoms with Gasteiger partial charge in [-0.25, -0.2) is 4.98 Å². The summed E-state index contributed by atoms with van der Waals surface area (Å²) in [4.78, 5) is 13.0. The van der Waals surface area contributed by atoms with Crippen molar-refractivity contribution in [3.63, 3.8) is 0 Å². The number of fused-ring (bicyclic) bond motifs is 3. The summed E-state index contributed by atoms with van der Waals surface area (Å²) in [5.74, 6) is 2.55. The smallest absolute Gasteiger partial charge is 0.227 e. The van der Waals surface area contributed by atoms with Crippen LogP contribution in [-0.2, 0) is 17.2 Å². The number of nitrogens with zero attached hydrogens (tertiary/aromatic N) is 3. The highest BCUT2D eigenvalue weighted by Gasteiger charge is 2.48. The number of nitrogens with one attached hydrogen (secondary N) is 1. The minimum atomic E-state index is -1.18. The third kappa shape index (κ3) is 3.50. The second kappa shape index (κ2) is 7.65. The molecule has 1 aromatic heterocycles. The summed E-state index contributed by atoms with van der Waals surface area (Å²) < 4.78 is 12.9. The second-order valence-corrected chi connectivity index (χ2v) is 13.5. The Bertz CT molecular complexity index is 1110. The number of aromatic nitrogens is 2. The number of aliphatic hydroxyl groups is 1. The van der Waals surface area contributed by atoms with Crippen LogP contribution in [0.3, 0.4) is 0 Å². The number of benzene rings is 1. The molecule has 176 valence electrons. The van der Waals surface area contributed by atoms with Crippen LogP contribution in [0.25, 0.3) is 0 Å². The molecule has 6 nitrogen and oxygen atoms in total. The Balaban J connectivity index is 1.31. The van der Waals surface area contributed by atoms with Crippen LogP contribution >= 0.6 is 11.6 Å². The quantitative estimate of drug-likeness (QED) is 0.656. The first-order valence-electron chi connectivity index (χ1n) is 12.0. The molecule has 2 saturated carbocycles. The normalized spacial score (nSPS) is 30.8. The van der Waals surface area contributed by atoms with E-state index in [1.807, 2.05) is 26.0 Å². The number of rotatable bonds is 5. The van der Waals surface area contributed by atoms with Crippen LogP contribution in [0.4, 0.5) is 11.8 Å². The lowest BCUT2D eigenvalue weighted by Crippen LogP contribution is -2.49. The molecule has 0 amide bonds. The van der Waals surface area contributed by atoms with Crippen LogP contribution in [0.2, 0.25) is 5.02 Å². The third-order valence-electron chi connectivity index (χ3n) is 8.30. The molecule has 4 aliphatic rings. The fourth-order valence-electron chi connectivity index (χ4n) is 6.25. The summed E-state index contributed by atoms with van der Waals surface area (Å²) in [6.45, 7) is 5.07. The van der Waals surface area contributed by atoms with E-state index in [9.17, 15) is 9.32 Å². The Hall–Kier alpha value is -1.70. The van der Waals surface area contributed by atoms with E-state index in [1.54, 1.807) is 0 Å². The van der Waals surface area contributed by atoms with Crippen LogP contribution in [0, 0.1) is 5.92 Å². The van der Waals surface area contributed by atoms with Gasteiger partial charge in [0.05, 0.1) is 33.4 Å². The summed E-state index contributed by atoms with van der Waals surface area (Å²) in [6, 6.07) is 8.72. The van der Waals surface area contributed by atoms with Gasteiger partial charge in [-0.15, -0.1) is 0 Å². The van der Waals surface area contributed by atoms with Crippen molar-refractivity contribution in [3.05, 3.63) is 40.5 Å². The lowest BCUT2D eigenvalue weighted by Gasteiger charge is -2.42. The molecule has 3 heterocycles. The number of hydrogen-bond acceptors (Lipinski definition) is 6. The van der Waals surface area contributed by atoms with E-state index >= 15 is 0 Å². The molecule has 4 atom stereocenters. The third-order valence-corrected chi connectivity index (χ3v) is 10.5. The molecule has 2 aliphatic carbocycles. The zero-order valence-corrected chi connectivity index (χ0v) is 20.8. The number of anilines is 2. The molecule has 2 aromatic rings. The van der Waals surface area contributed by atoms with E-state index in [0.29, 0.717) is 30.1 Å². The number of hydrogen-bond donors (Lipinski definition) is 2. The van der Waals surface area contributed by atoms with Gasteiger partial charge in [0.2, 0.25) is 5.95 Å². The van der Waals surface area contributed by atoms with Crippen molar-refractivity contribution in [3.8, 4) is 0 Å². The van der Waals surface area contributed by atoms with Gasteiger partial charge in [-0.05, 0) is 75.5 Å². The van der Waals surface area contributed by atoms with Crippen LogP contribution in [0.5, 0.6) is 0 Å². The SMILES string of the molecule is CC1(C)Cc2nc(N3CC4CC3CC4c3ccc(Cl)cc3)nc(NC3(CO)CCC3)c2[S@@]1=O. The fourth-order valence-corrected chi connectivity index (χ4v) is 7.80. The van der Waals surface area contributed by atoms with Gasteiger partial charge in [0, 0.05) is 24.0 Å². The topological polar surface area (TPSA) is 78.3 Å². The number of aliphatic hydroxyl groups excluding tert-OH is 1. The van der Waals surface area contributed by atoms with E-state index in [1.165, 1.54) is 5.56 Å². The molecule has 1 saturated heterocycles. The highest BCUT2D eigenvalue weighted by atomic mass is 35.5. The summed E-state index contributed by atoms with van der Waals surface area (Å²) in [6.07, 6.45) is 5.82. The minimum absolute atomic E-state index is 0.0638. The lowest BCUT2D eigenvalue weighted by atomic mass is 9.77. The Morgan fingerprint density at radius 3 is 2.58 bits per heavy atom. The lowest BCUT2D eigenvalue weighted by molar-refractivity contribution is 0.143. The molecule has 2 N–H and O–H groups in total. The van der Waals surface area contributed by atoms with E-state index in [-0.39, 0.29) is 16.9 Å². The van der Waals surface area contributed by atoms with Crippen molar-refractivity contribution in [1.82, 2.24) is 9.97 Å². The molecule has 33 heavy (non-hydrogen) atoms. The molecular formula is C25H31ClN4O2S. The summed E-state index contributed by atoms with van der Waals surface area (Å²) in [5.41, 5.74) is 1.92. The van der Waals surface area contributed by atoms with Gasteiger partial charge in [-0.3, -0.25) is 4.21 Å². The largest absolute Gasteiger partial charge is 0.394 e. The van der Waals surface area contributed by atoms with Crippen LogP contribution < -0.4 is 10.2 Å². The molecule has 2 aliphatic heterocycles. The van der Waals surface area contributed by atoms with Crippen LogP contribution in [-0.4, -0.2) is 48.8 Å². The van der Waals surface area contributed by atoms with Gasteiger partial charge in [0.1, 0.15) is 10.7 Å². The molecule has 6 rings (SSSR count). The van der Waals surface area contributed by atoms with E-state index < -0.39 is 10.8 Å². The maximum Gasteiger partial charge on any atom is 0.227 e. The minimum Gasteiger partial charge on any atom is -0.394 e. The Morgan fingerprint density at radius 1 is 1.21 bits per heavy atom. The highest BCUT2D eigenvalue weighted by molar-refractivity contribution is 7.87. The zero-order valence-electron chi connectivity index (χ0n) is 19.2. The number of piperidine rings is 1. The summed E-state index contributed by atoms with van der Waals surface area (Å²) in [7, 11) is -1.18. The van der Waals surface area contributed by atoms with Gasteiger partial charge in [-0.2, -0.15) is 4.98 Å². The summed E-state index contributed by atoms with van der Waals surface area (Å²) in [5, 5.41) is 14.3. The summed E-state index contributed by atoms with van der Waals surface area (Å²) >= 11 is 6.09. The maximum absolute atomic E-state index is 13.3. The van der Waals surface area contributed by atoms with Crippen LogP contribution in [0.1, 0.15) is 63.1 Å². The molecule has 3 unspecified atom stereocenters. The maximum atomic E-state index is 13.3.